The first-order valence-electron chi connectivity index (χ1n) is 11.9. The summed E-state index contributed by atoms with van der Waals surface area (Å²) in [5.41, 5.74) is 1.14. The number of nitrogens with one attached hydrogen (secondary N) is 2. The van der Waals surface area contributed by atoms with E-state index in [0.717, 1.165) is 0 Å². The highest BCUT2D eigenvalue weighted by Crippen LogP contribution is 2.27. The fraction of sp³-hybridized carbons (Fsp3) is 0.346. The Kier molecular flexibility index (Phi) is 10.6. The molecule has 2 N–H and O–H groups in total. The fourth-order valence-corrected chi connectivity index (χ4v) is 5.04. The third-order valence-corrected chi connectivity index (χ3v) is 6.98. The largest absolute Gasteiger partial charge is 0.465 e. The quantitative estimate of drug-likeness (QED) is 0.224. The predicted molar refractivity (Wildman–Crippen MR) is 149 cm³/mol. The zero-order chi connectivity index (χ0) is 27.8. The summed E-state index contributed by atoms with van der Waals surface area (Å²) in [6.07, 6.45) is 0.622. The van der Waals surface area contributed by atoms with Crippen molar-refractivity contribution in [2.75, 3.05) is 18.2 Å². The van der Waals surface area contributed by atoms with Crippen LogP contribution in [0.3, 0.4) is 0 Å². The second kappa shape index (κ2) is 13.6. The van der Waals surface area contributed by atoms with Gasteiger partial charge in [0.05, 0.1) is 35.1 Å². The first kappa shape index (κ1) is 29.5. The van der Waals surface area contributed by atoms with Crippen LogP contribution < -0.4 is 10.6 Å². The van der Waals surface area contributed by atoms with E-state index in [2.05, 4.69) is 34.7 Å². The molecule has 0 saturated heterocycles. The van der Waals surface area contributed by atoms with Crippen molar-refractivity contribution in [1.82, 2.24) is 20.1 Å². The standard InChI is InChI=1S/C26H29Cl2N5O4S/c1-5-33-23(21(11-15(2)3)30-24(35)19-10-9-17(27)13-20(19)28)31-32-26(33)38-14-22(34)29-18-8-6-7-16(12-18)25(36)37-4/h6-10,12-13,15,21H,5,11,14H2,1-4H3,(H,29,34)(H,30,35)/t21-/m1/s1. The van der Waals surface area contributed by atoms with Gasteiger partial charge in [0, 0.05) is 17.3 Å². The molecule has 2 aromatic carbocycles. The maximum Gasteiger partial charge on any atom is 0.337 e. The first-order valence-corrected chi connectivity index (χ1v) is 13.7. The molecule has 0 aliphatic carbocycles. The molecule has 1 aromatic heterocycles. The van der Waals surface area contributed by atoms with E-state index in [-0.39, 0.29) is 28.5 Å². The number of esters is 1. The van der Waals surface area contributed by atoms with Crippen molar-refractivity contribution in [3.63, 3.8) is 0 Å². The van der Waals surface area contributed by atoms with E-state index in [1.165, 1.54) is 24.9 Å². The normalized spacial score (nSPS) is 11.8. The molecule has 3 rings (SSSR count). The van der Waals surface area contributed by atoms with Crippen LogP contribution in [0.15, 0.2) is 47.6 Å². The molecule has 1 heterocycles. The Bertz CT molecular complexity index is 1310. The molecule has 2 amide bonds. The van der Waals surface area contributed by atoms with Gasteiger partial charge in [-0.15, -0.1) is 10.2 Å². The topological polar surface area (TPSA) is 115 Å². The number of methoxy groups -OCH3 is 1. The van der Waals surface area contributed by atoms with E-state index in [1.807, 2.05) is 11.5 Å². The van der Waals surface area contributed by atoms with Gasteiger partial charge in [-0.2, -0.15) is 0 Å². The minimum atomic E-state index is -0.486. The highest BCUT2D eigenvalue weighted by Gasteiger charge is 2.25. The molecule has 0 aliphatic heterocycles. The van der Waals surface area contributed by atoms with Crippen LogP contribution in [0.4, 0.5) is 5.69 Å². The van der Waals surface area contributed by atoms with Crippen LogP contribution in [0.5, 0.6) is 0 Å². The minimum absolute atomic E-state index is 0.0716. The van der Waals surface area contributed by atoms with Crippen LogP contribution in [0.2, 0.25) is 10.0 Å². The molecule has 38 heavy (non-hydrogen) atoms. The summed E-state index contributed by atoms with van der Waals surface area (Å²) in [6.45, 7) is 6.59. The molecule has 0 aliphatic rings. The number of halogens is 2. The number of benzene rings is 2. The average Bonchev–Trinajstić information content (AvgIpc) is 3.29. The second-order valence-corrected chi connectivity index (χ2v) is 10.6. The lowest BCUT2D eigenvalue weighted by Crippen LogP contribution is -2.32. The van der Waals surface area contributed by atoms with Gasteiger partial charge >= 0.3 is 5.97 Å². The Morgan fingerprint density at radius 1 is 1.11 bits per heavy atom. The SMILES string of the molecule is CCn1c(SCC(=O)Nc2cccc(C(=O)OC)c2)nnc1[C@@H](CC(C)C)NC(=O)c1ccc(Cl)cc1Cl. The van der Waals surface area contributed by atoms with Crippen molar-refractivity contribution in [2.24, 2.45) is 5.92 Å². The Labute approximate surface area is 235 Å². The van der Waals surface area contributed by atoms with E-state index in [9.17, 15) is 14.4 Å². The van der Waals surface area contributed by atoms with Crippen LogP contribution in [0, 0.1) is 5.92 Å². The van der Waals surface area contributed by atoms with Gasteiger partial charge in [-0.05, 0) is 55.7 Å². The zero-order valence-corrected chi connectivity index (χ0v) is 23.8. The smallest absolute Gasteiger partial charge is 0.337 e. The van der Waals surface area contributed by atoms with E-state index in [1.54, 1.807) is 36.4 Å². The molecule has 0 saturated carbocycles. The highest BCUT2D eigenvalue weighted by atomic mass is 35.5. The third-order valence-electron chi connectivity index (χ3n) is 5.46. The third kappa shape index (κ3) is 7.72. The number of anilines is 1. The Morgan fingerprint density at radius 2 is 1.87 bits per heavy atom. The lowest BCUT2D eigenvalue weighted by Gasteiger charge is -2.21. The zero-order valence-electron chi connectivity index (χ0n) is 21.5. The van der Waals surface area contributed by atoms with Gasteiger partial charge in [-0.1, -0.05) is 54.9 Å². The van der Waals surface area contributed by atoms with Crippen LogP contribution in [-0.4, -0.2) is 45.4 Å². The summed E-state index contributed by atoms with van der Waals surface area (Å²) in [5.74, 6) is -0.180. The van der Waals surface area contributed by atoms with Crippen molar-refractivity contribution in [2.45, 2.75) is 44.9 Å². The van der Waals surface area contributed by atoms with Crippen molar-refractivity contribution in [1.29, 1.82) is 0 Å². The van der Waals surface area contributed by atoms with Gasteiger partial charge in [0.1, 0.15) is 0 Å². The van der Waals surface area contributed by atoms with E-state index < -0.39 is 12.0 Å². The van der Waals surface area contributed by atoms with Gasteiger partial charge in [-0.25, -0.2) is 4.79 Å². The summed E-state index contributed by atoms with van der Waals surface area (Å²) in [4.78, 5) is 37.4. The maximum atomic E-state index is 13.0. The number of amides is 2. The minimum Gasteiger partial charge on any atom is -0.465 e. The van der Waals surface area contributed by atoms with Gasteiger partial charge in [0.25, 0.3) is 5.91 Å². The van der Waals surface area contributed by atoms with Crippen molar-refractivity contribution < 1.29 is 19.1 Å². The summed E-state index contributed by atoms with van der Waals surface area (Å²) < 4.78 is 6.60. The molecular formula is C26H29Cl2N5O4S. The van der Waals surface area contributed by atoms with Crippen LogP contribution in [0.1, 0.15) is 59.8 Å². The van der Waals surface area contributed by atoms with E-state index >= 15 is 0 Å². The molecular weight excluding hydrogens is 549 g/mol. The Balaban J connectivity index is 1.73. The van der Waals surface area contributed by atoms with Crippen molar-refractivity contribution >= 4 is 58.4 Å². The summed E-state index contributed by atoms with van der Waals surface area (Å²) in [7, 11) is 1.30. The summed E-state index contributed by atoms with van der Waals surface area (Å²) in [5, 5.41) is 15.7. The van der Waals surface area contributed by atoms with Crippen molar-refractivity contribution in [3.8, 4) is 0 Å². The molecule has 3 aromatic rings. The molecule has 0 radical (unpaired) electrons. The Hall–Kier alpha value is -3.08. The average molecular weight is 579 g/mol. The predicted octanol–water partition coefficient (Wildman–Crippen LogP) is 5.64. The number of hydrogen-bond donors (Lipinski definition) is 2. The molecule has 0 spiro atoms. The molecule has 9 nitrogen and oxygen atoms in total. The number of aromatic nitrogens is 3. The first-order chi connectivity index (χ1) is 18.1. The number of thioether (sulfide) groups is 1. The molecule has 1 atom stereocenters. The summed E-state index contributed by atoms with van der Waals surface area (Å²) >= 11 is 13.4. The van der Waals surface area contributed by atoms with Gasteiger partial charge in [0.2, 0.25) is 5.91 Å². The Morgan fingerprint density at radius 3 is 2.53 bits per heavy atom. The monoisotopic (exact) mass is 577 g/mol. The lowest BCUT2D eigenvalue weighted by molar-refractivity contribution is -0.113. The second-order valence-electron chi connectivity index (χ2n) is 8.77. The molecule has 202 valence electrons. The maximum absolute atomic E-state index is 13.0. The van der Waals surface area contributed by atoms with Crippen LogP contribution in [-0.2, 0) is 16.1 Å². The number of hydrogen-bond acceptors (Lipinski definition) is 7. The van der Waals surface area contributed by atoms with E-state index in [0.29, 0.717) is 45.8 Å². The molecule has 0 fully saturated rings. The number of nitrogens with zero attached hydrogens (tertiary/aromatic N) is 3. The summed E-state index contributed by atoms with van der Waals surface area (Å²) in [6, 6.07) is 10.8. The molecule has 0 bridgehead atoms. The van der Waals surface area contributed by atoms with E-state index in [4.69, 9.17) is 27.9 Å². The highest BCUT2D eigenvalue weighted by molar-refractivity contribution is 7.99. The van der Waals surface area contributed by atoms with Gasteiger partial charge < -0.3 is 19.9 Å². The lowest BCUT2D eigenvalue weighted by atomic mass is 10.0. The molecule has 12 heteroatoms. The number of rotatable bonds is 11. The van der Waals surface area contributed by atoms with Crippen molar-refractivity contribution in [3.05, 3.63) is 69.5 Å². The fourth-order valence-electron chi connectivity index (χ4n) is 3.74. The number of ether oxygens (including phenoxy) is 1. The number of carbonyl (C=O) groups excluding carboxylic acids is 3. The molecule has 0 unspecified atom stereocenters. The van der Waals surface area contributed by atoms with Crippen LogP contribution in [0.25, 0.3) is 0 Å². The van der Waals surface area contributed by atoms with Gasteiger partial charge in [-0.3, -0.25) is 9.59 Å². The van der Waals surface area contributed by atoms with Gasteiger partial charge in [0.15, 0.2) is 11.0 Å². The van der Waals surface area contributed by atoms with Crippen LogP contribution >= 0.6 is 35.0 Å². The number of carbonyl (C=O) groups is 3.